The number of benzene rings is 1. The van der Waals surface area contributed by atoms with Gasteiger partial charge in [-0.1, -0.05) is 25.7 Å². The van der Waals surface area contributed by atoms with Crippen molar-refractivity contribution in [3.05, 3.63) is 24.3 Å². The summed E-state index contributed by atoms with van der Waals surface area (Å²) >= 11 is 0. The lowest BCUT2D eigenvalue weighted by molar-refractivity contribution is -0.0498. The lowest BCUT2D eigenvalue weighted by Gasteiger charge is -2.16. The Hall–Kier alpha value is -1.32. The van der Waals surface area contributed by atoms with Crippen molar-refractivity contribution in [3.8, 4) is 5.75 Å². The fourth-order valence-corrected chi connectivity index (χ4v) is 2.58. The first-order valence-electron chi connectivity index (χ1n) is 7.03. The molecule has 2 nitrogen and oxygen atoms in total. The van der Waals surface area contributed by atoms with Crippen LogP contribution in [0.5, 0.6) is 5.75 Å². The Morgan fingerprint density at radius 1 is 1.05 bits per heavy atom. The minimum Gasteiger partial charge on any atom is -0.435 e. The molecule has 0 aliphatic heterocycles. The lowest BCUT2D eigenvalue weighted by Crippen LogP contribution is -2.13. The highest BCUT2D eigenvalue weighted by atomic mass is 19.3. The Labute approximate surface area is 113 Å². The van der Waals surface area contributed by atoms with Crippen molar-refractivity contribution in [1.82, 2.24) is 0 Å². The summed E-state index contributed by atoms with van der Waals surface area (Å²) in [6.07, 6.45) is 7.95. The Balaban J connectivity index is 1.78. The average Bonchev–Trinajstić information content (AvgIpc) is 2.66. The molecule has 1 fully saturated rings. The van der Waals surface area contributed by atoms with Gasteiger partial charge < -0.3 is 10.1 Å². The van der Waals surface area contributed by atoms with Crippen LogP contribution in [-0.2, 0) is 0 Å². The zero-order valence-electron chi connectivity index (χ0n) is 11.1. The molecule has 19 heavy (non-hydrogen) atoms. The number of hydrogen-bond acceptors (Lipinski definition) is 2. The molecule has 0 amide bonds. The third-order valence-electron chi connectivity index (χ3n) is 3.65. The van der Waals surface area contributed by atoms with E-state index in [9.17, 15) is 8.78 Å². The summed E-state index contributed by atoms with van der Waals surface area (Å²) in [5.41, 5.74) is 0.964. The van der Waals surface area contributed by atoms with E-state index in [0.29, 0.717) is 0 Å². The zero-order chi connectivity index (χ0) is 13.5. The number of alkyl halides is 2. The average molecular weight is 269 g/mol. The third-order valence-corrected chi connectivity index (χ3v) is 3.65. The first-order valence-corrected chi connectivity index (χ1v) is 7.03. The molecular weight excluding hydrogens is 248 g/mol. The van der Waals surface area contributed by atoms with Crippen LogP contribution in [0.25, 0.3) is 0 Å². The van der Waals surface area contributed by atoms with Crippen molar-refractivity contribution < 1.29 is 13.5 Å². The standard InChI is InChI=1S/C15H21F2NO/c16-15(17)19-14-9-7-13(8-10-14)18-11-12-5-3-1-2-4-6-12/h7-10,12,15,18H,1-6,11H2. The summed E-state index contributed by atoms with van der Waals surface area (Å²) < 4.78 is 28.3. The Morgan fingerprint density at radius 2 is 1.68 bits per heavy atom. The second-order valence-electron chi connectivity index (χ2n) is 5.14. The predicted molar refractivity (Wildman–Crippen MR) is 72.8 cm³/mol. The molecule has 1 N–H and O–H groups in total. The van der Waals surface area contributed by atoms with E-state index in [1.54, 1.807) is 24.3 Å². The predicted octanol–water partition coefficient (Wildman–Crippen LogP) is 4.67. The normalized spacial score (nSPS) is 17.2. The highest BCUT2D eigenvalue weighted by Crippen LogP contribution is 2.24. The summed E-state index contributed by atoms with van der Waals surface area (Å²) in [5, 5.41) is 3.38. The maximum absolute atomic E-state index is 12.0. The molecule has 0 bridgehead atoms. The lowest BCUT2D eigenvalue weighted by atomic mass is 10.0. The molecule has 0 heterocycles. The molecule has 0 atom stereocenters. The van der Waals surface area contributed by atoms with Gasteiger partial charge in [0.25, 0.3) is 0 Å². The van der Waals surface area contributed by atoms with Crippen LogP contribution in [0.1, 0.15) is 38.5 Å². The Morgan fingerprint density at radius 3 is 2.26 bits per heavy atom. The largest absolute Gasteiger partial charge is 0.435 e. The number of ether oxygens (including phenoxy) is 1. The van der Waals surface area contributed by atoms with Gasteiger partial charge in [0.05, 0.1) is 0 Å². The van der Waals surface area contributed by atoms with E-state index in [2.05, 4.69) is 10.1 Å². The van der Waals surface area contributed by atoms with Gasteiger partial charge in [0.15, 0.2) is 0 Å². The molecular formula is C15H21F2NO. The number of rotatable bonds is 5. The number of halogens is 2. The first kappa shape index (κ1) is 14.1. The molecule has 4 heteroatoms. The van der Waals surface area contributed by atoms with Gasteiger partial charge in [0.2, 0.25) is 0 Å². The highest BCUT2D eigenvalue weighted by Gasteiger charge is 2.11. The zero-order valence-corrected chi connectivity index (χ0v) is 11.1. The van der Waals surface area contributed by atoms with Crippen LogP contribution in [0.4, 0.5) is 14.5 Å². The molecule has 1 saturated carbocycles. The van der Waals surface area contributed by atoms with Crippen molar-refractivity contribution in [2.75, 3.05) is 11.9 Å². The number of nitrogens with one attached hydrogen (secondary N) is 1. The van der Waals surface area contributed by atoms with Crippen LogP contribution in [0, 0.1) is 5.92 Å². The van der Waals surface area contributed by atoms with Gasteiger partial charge in [0, 0.05) is 12.2 Å². The summed E-state index contributed by atoms with van der Waals surface area (Å²) in [6.45, 7) is -1.79. The monoisotopic (exact) mass is 269 g/mol. The summed E-state index contributed by atoms with van der Waals surface area (Å²) in [4.78, 5) is 0. The van der Waals surface area contributed by atoms with Gasteiger partial charge in [-0.15, -0.1) is 0 Å². The van der Waals surface area contributed by atoms with E-state index in [1.807, 2.05) is 0 Å². The molecule has 106 valence electrons. The molecule has 0 aromatic heterocycles. The summed E-state index contributed by atoms with van der Waals surface area (Å²) in [7, 11) is 0. The van der Waals surface area contributed by atoms with Gasteiger partial charge in [-0.3, -0.25) is 0 Å². The molecule has 1 aliphatic rings. The van der Waals surface area contributed by atoms with Gasteiger partial charge >= 0.3 is 6.61 Å². The van der Waals surface area contributed by atoms with Crippen LogP contribution in [0.15, 0.2) is 24.3 Å². The van der Waals surface area contributed by atoms with Crippen molar-refractivity contribution in [2.45, 2.75) is 45.1 Å². The topological polar surface area (TPSA) is 21.3 Å². The van der Waals surface area contributed by atoms with E-state index in [1.165, 1.54) is 38.5 Å². The number of hydrogen-bond donors (Lipinski definition) is 1. The summed E-state index contributed by atoms with van der Waals surface area (Å²) in [6, 6.07) is 6.71. The molecule has 1 aliphatic carbocycles. The van der Waals surface area contributed by atoms with Crippen LogP contribution >= 0.6 is 0 Å². The van der Waals surface area contributed by atoms with Gasteiger partial charge in [-0.25, -0.2) is 0 Å². The molecule has 0 unspecified atom stereocenters. The smallest absolute Gasteiger partial charge is 0.387 e. The molecule has 0 spiro atoms. The maximum atomic E-state index is 12.0. The second-order valence-corrected chi connectivity index (χ2v) is 5.14. The van der Waals surface area contributed by atoms with E-state index < -0.39 is 6.61 Å². The van der Waals surface area contributed by atoms with Crippen LogP contribution in [-0.4, -0.2) is 13.2 Å². The third kappa shape index (κ3) is 5.05. The fourth-order valence-electron chi connectivity index (χ4n) is 2.58. The Kier molecular flexibility index (Phi) is 5.43. The van der Waals surface area contributed by atoms with Crippen LogP contribution in [0.3, 0.4) is 0 Å². The minimum absolute atomic E-state index is 0.204. The fraction of sp³-hybridized carbons (Fsp3) is 0.600. The van der Waals surface area contributed by atoms with Gasteiger partial charge in [-0.05, 0) is 43.0 Å². The van der Waals surface area contributed by atoms with E-state index in [0.717, 1.165) is 18.2 Å². The van der Waals surface area contributed by atoms with Crippen molar-refractivity contribution >= 4 is 5.69 Å². The van der Waals surface area contributed by atoms with Crippen LogP contribution in [0.2, 0.25) is 0 Å². The number of anilines is 1. The van der Waals surface area contributed by atoms with E-state index in [4.69, 9.17) is 0 Å². The van der Waals surface area contributed by atoms with Crippen LogP contribution < -0.4 is 10.1 Å². The quantitative estimate of drug-likeness (QED) is 0.784. The van der Waals surface area contributed by atoms with Crippen molar-refractivity contribution in [3.63, 3.8) is 0 Å². The highest BCUT2D eigenvalue weighted by molar-refractivity contribution is 5.46. The SMILES string of the molecule is FC(F)Oc1ccc(NCC2CCCCCC2)cc1. The second kappa shape index (κ2) is 7.31. The minimum atomic E-state index is -2.76. The summed E-state index contributed by atoms with van der Waals surface area (Å²) in [5.74, 6) is 0.939. The first-order chi connectivity index (χ1) is 9.24. The van der Waals surface area contributed by atoms with Gasteiger partial charge in [0.1, 0.15) is 5.75 Å². The Bertz CT molecular complexity index is 359. The molecule has 2 rings (SSSR count). The van der Waals surface area contributed by atoms with Crippen molar-refractivity contribution in [2.24, 2.45) is 5.92 Å². The van der Waals surface area contributed by atoms with Crippen molar-refractivity contribution in [1.29, 1.82) is 0 Å². The molecule has 1 aromatic rings. The maximum Gasteiger partial charge on any atom is 0.387 e. The van der Waals surface area contributed by atoms with E-state index >= 15 is 0 Å². The van der Waals surface area contributed by atoms with Gasteiger partial charge in [-0.2, -0.15) is 8.78 Å². The molecule has 0 radical (unpaired) electrons. The molecule has 1 aromatic carbocycles. The van der Waals surface area contributed by atoms with E-state index in [-0.39, 0.29) is 5.75 Å². The molecule has 0 saturated heterocycles.